The van der Waals surface area contributed by atoms with Gasteiger partial charge in [-0.1, -0.05) is 36.4 Å². The molecule has 2 aliphatic carbocycles. The Labute approximate surface area is 193 Å². The van der Waals surface area contributed by atoms with Crippen molar-refractivity contribution >= 4 is 6.09 Å². The normalized spacial score (nSPS) is 29.1. The van der Waals surface area contributed by atoms with Crippen LogP contribution < -0.4 is 5.32 Å². The van der Waals surface area contributed by atoms with E-state index in [-0.39, 0.29) is 29.2 Å². The molecule has 2 atom stereocenters. The third-order valence-corrected chi connectivity index (χ3v) is 8.44. The van der Waals surface area contributed by atoms with Gasteiger partial charge in [-0.15, -0.1) is 0 Å². The maximum absolute atomic E-state index is 13.2. The lowest BCUT2D eigenvalue weighted by Crippen LogP contribution is -2.53. The number of piperidine rings is 3. The Balaban J connectivity index is 1.22. The molecule has 3 heterocycles. The van der Waals surface area contributed by atoms with E-state index < -0.39 is 6.43 Å². The summed E-state index contributed by atoms with van der Waals surface area (Å²) in [6, 6.07) is 12.7. The van der Waals surface area contributed by atoms with Gasteiger partial charge in [0.25, 0.3) is 6.43 Å². The van der Waals surface area contributed by atoms with Crippen molar-refractivity contribution in [3.63, 3.8) is 0 Å². The number of carbonyl (C=O) groups is 1. The number of ether oxygens (including phenoxy) is 1. The van der Waals surface area contributed by atoms with Gasteiger partial charge in [-0.2, -0.15) is 0 Å². The van der Waals surface area contributed by atoms with Crippen molar-refractivity contribution in [3.05, 3.63) is 59.2 Å². The molecule has 3 saturated heterocycles. The maximum atomic E-state index is 13.2. The molecule has 0 aromatic heterocycles. The highest BCUT2D eigenvalue weighted by molar-refractivity contribution is 5.70. The molecule has 4 nitrogen and oxygen atoms in total. The van der Waals surface area contributed by atoms with Crippen molar-refractivity contribution < 1.29 is 18.3 Å². The summed E-state index contributed by atoms with van der Waals surface area (Å²) in [5, 5.41) is 3.24. The van der Waals surface area contributed by atoms with Crippen molar-refractivity contribution in [1.82, 2.24) is 10.2 Å². The Morgan fingerprint density at radius 3 is 2.55 bits per heavy atom. The third-order valence-electron chi connectivity index (χ3n) is 8.44. The van der Waals surface area contributed by atoms with Gasteiger partial charge < -0.3 is 10.1 Å². The molecule has 4 fully saturated rings. The lowest BCUT2D eigenvalue weighted by atomic mass is 9.76. The summed E-state index contributed by atoms with van der Waals surface area (Å²) in [4.78, 5) is 15.3. The summed E-state index contributed by atoms with van der Waals surface area (Å²) in [6.07, 6.45) is 3.67. The van der Waals surface area contributed by atoms with E-state index in [1.807, 2.05) is 12.1 Å². The van der Waals surface area contributed by atoms with Crippen molar-refractivity contribution in [3.8, 4) is 11.1 Å². The molecule has 6 heteroatoms. The van der Waals surface area contributed by atoms with E-state index in [1.54, 1.807) is 12.1 Å². The number of alkyl carbamates (subject to hydrolysis) is 1. The second kappa shape index (κ2) is 8.08. The second-order valence-corrected chi connectivity index (χ2v) is 10.4. The first-order valence-electron chi connectivity index (χ1n) is 12.2. The largest absolute Gasteiger partial charge is 0.445 e. The number of nitrogens with one attached hydrogen (secondary N) is 1. The van der Waals surface area contributed by atoms with Crippen LogP contribution in [-0.4, -0.2) is 36.7 Å². The number of nitrogens with zero attached hydrogens (tertiary/aromatic N) is 1. The Hall–Kier alpha value is -2.47. The van der Waals surface area contributed by atoms with Crippen LogP contribution >= 0.6 is 0 Å². The van der Waals surface area contributed by atoms with E-state index in [0.29, 0.717) is 5.92 Å². The summed E-state index contributed by atoms with van der Waals surface area (Å²) in [6.45, 7) is 3.09. The third kappa shape index (κ3) is 3.92. The molecule has 2 aromatic rings. The first-order chi connectivity index (χ1) is 16.0. The van der Waals surface area contributed by atoms with Gasteiger partial charge in [0, 0.05) is 12.1 Å². The minimum Gasteiger partial charge on any atom is -0.445 e. The number of rotatable bonds is 4. The van der Waals surface area contributed by atoms with Crippen molar-refractivity contribution in [2.24, 2.45) is 11.3 Å². The van der Waals surface area contributed by atoms with E-state index in [1.165, 1.54) is 11.6 Å². The number of hydrogen-bond donors (Lipinski definition) is 1. The van der Waals surface area contributed by atoms with Crippen LogP contribution in [0.5, 0.6) is 0 Å². The summed E-state index contributed by atoms with van der Waals surface area (Å²) < 4.78 is 32.3. The van der Waals surface area contributed by atoms with E-state index in [2.05, 4.69) is 22.3 Å². The van der Waals surface area contributed by atoms with Crippen molar-refractivity contribution in [1.29, 1.82) is 0 Å². The highest BCUT2D eigenvalue weighted by atomic mass is 19.3. The number of benzene rings is 2. The van der Waals surface area contributed by atoms with Gasteiger partial charge in [0.05, 0.1) is 6.04 Å². The minimum absolute atomic E-state index is 0.00444. The molecule has 1 N–H and O–H groups in total. The highest BCUT2D eigenvalue weighted by Crippen LogP contribution is 2.61. The fourth-order valence-corrected chi connectivity index (χ4v) is 6.26. The van der Waals surface area contributed by atoms with E-state index in [0.717, 1.165) is 74.8 Å². The molecular formula is C27H30F2N2O2. The molecule has 2 bridgehead atoms. The summed E-state index contributed by atoms with van der Waals surface area (Å²) in [5.74, 6) is 0.487. The Bertz CT molecular complexity index is 1060. The van der Waals surface area contributed by atoms with Gasteiger partial charge in [0.1, 0.15) is 6.10 Å². The fraction of sp³-hybridized carbons (Fsp3) is 0.519. The van der Waals surface area contributed by atoms with Gasteiger partial charge in [-0.25, -0.2) is 13.6 Å². The Morgan fingerprint density at radius 1 is 1.06 bits per heavy atom. The van der Waals surface area contributed by atoms with Crippen molar-refractivity contribution in [2.75, 3.05) is 19.6 Å². The van der Waals surface area contributed by atoms with E-state index in [9.17, 15) is 13.6 Å². The van der Waals surface area contributed by atoms with Crippen molar-refractivity contribution in [2.45, 2.75) is 57.1 Å². The molecule has 174 valence electrons. The first kappa shape index (κ1) is 21.1. The molecule has 5 aliphatic rings. The average molecular weight is 453 g/mol. The van der Waals surface area contributed by atoms with Gasteiger partial charge in [-0.3, -0.25) is 4.90 Å². The number of carbonyl (C=O) groups excluding carboxylic acids is 1. The summed E-state index contributed by atoms with van der Waals surface area (Å²) >= 11 is 0. The molecule has 1 spiro atoms. The predicted molar refractivity (Wildman–Crippen MR) is 122 cm³/mol. The van der Waals surface area contributed by atoms with Crippen LogP contribution in [0.15, 0.2) is 42.5 Å². The monoisotopic (exact) mass is 452 g/mol. The molecule has 0 radical (unpaired) electrons. The van der Waals surface area contributed by atoms with Crippen LogP contribution in [0.2, 0.25) is 0 Å². The number of alkyl halides is 2. The van der Waals surface area contributed by atoms with Crippen LogP contribution in [0.4, 0.5) is 13.6 Å². The minimum atomic E-state index is -2.48. The van der Waals surface area contributed by atoms with Gasteiger partial charge in [-0.05, 0) is 91.3 Å². The number of hydrogen-bond acceptors (Lipinski definition) is 3. The maximum Gasteiger partial charge on any atom is 0.407 e. The lowest BCUT2D eigenvalue weighted by molar-refractivity contribution is -0.0347. The predicted octanol–water partition coefficient (Wildman–Crippen LogP) is 5.88. The molecule has 2 aromatic carbocycles. The number of halogens is 2. The fourth-order valence-electron chi connectivity index (χ4n) is 6.26. The van der Waals surface area contributed by atoms with Crippen LogP contribution in [-0.2, 0) is 11.2 Å². The standard InChI is InChI=1S/C27H30F2N2O2/c28-25(29)21-3-1-2-18(15-21)19-4-5-22-20(14-19)6-9-27(10-11-27)24(22)30-26(32)33-23-16-31-12-7-17(23)8-13-31/h1-5,14-15,17,23-25H,6-13,16H2,(H,30,32)/t23-,24?/m1/s1. The molecule has 33 heavy (non-hydrogen) atoms. The topological polar surface area (TPSA) is 41.6 Å². The molecule has 1 amide bonds. The van der Waals surface area contributed by atoms with Crippen LogP contribution in [0, 0.1) is 11.3 Å². The Kier molecular flexibility index (Phi) is 5.17. The zero-order valence-corrected chi connectivity index (χ0v) is 18.7. The summed E-state index contributed by atoms with van der Waals surface area (Å²) in [7, 11) is 0. The van der Waals surface area contributed by atoms with Gasteiger partial charge in [0.15, 0.2) is 0 Å². The number of aryl methyl sites for hydroxylation is 1. The average Bonchev–Trinajstić information content (AvgIpc) is 3.62. The van der Waals surface area contributed by atoms with Crippen LogP contribution in [0.25, 0.3) is 11.1 Å². The van der Waals surface area contributed by atoms with E-state index >= 15 is 0 Å². The number of fused-ring (bicyclic) bond motifs is 4. The second-order valence-electron chi connectivity index (χ2n) is 10.4. The highest BCUT2D eigenvalue weighted by Gasteiger charge is 2.53. The molecule has 7 rings (SSSR count). The number of amides is 1. The van der Waals surface area contributed by atoms with Crippen LogP contribution in [0.3, 0.4) is 0 Å². The van der Waals surface area contributed by atoms with Gasteiger partial charge in [0.2, 0.25) is 0 Å². The Morgan fingerprint density at radius 2 is 1.85 bits per heavy atom. The van der Waals surface area contributed by atoms with E-state index in [4.69, 9.17) is 4.74 Å². The molecule has 1 unspecified atom stereocenters. The van der Waals surface area contributed by atoms with Crippen LogP contribution in [0.1, 0.15) is 61.3 Å². The summed E-state index contributed by atoms with van der Waals surface area (Å²) in [5.41, 5.74) is 4.26. The van der Waals surface area contributed by atoms with Gasteiger partial charge >= 0.3 is 6.09 Å². The lowest BCUT2D eigenvalue weighted by Gasteiger charge is -2.44. The SMILES string of the molecule is O=C(NC1c2ccc(-c3cccc(C(F)F)c3)cc2CCC12CC2)O[C@@H]1CN2CCC1CC2. The zero-order valence-electron chi connectivity index (χ0n) is 18.7. The quantitative estimate of drug-likeness (QED) is 0.630. The molecule has 3 aliphatic heterocycles. The molecule has 1 saturated carbocycles. The molecular weight excluding hydrogens is 422 g/mol. The first-order valence-corrected chi connectivity index (χ1v) is 12.2. The zero-order chi connectivity index (χ0) is 22.6. The smallest absolute Gasteiger partial charge is 0.407 e.